The van der Waals surface area contributed by atoms with Gasteiger partial charge >= 0.3 is 5.97 Å². The molecule has 0 saturated carbocycles. The van der Waals surface area contributed by atoms with Crippen molar-refractivity contribution < 1.29 is 19.4 Å². The van der Waals surface area contributed by atoms with Crippen molar-refractivity contribution in [3.8, 4) is 5.75 Å². The quantitative estimate of drug-likeness (QED) is 0.655. The van der Waals surface area contributed by atoms with E-state index in [0.717, 1.165) is 5.56 Å². The molecule has 1 aromatic heterocycles. The van der Waals surface area contributed by atoms with E-state index in [9.17, 15) is 9.59 Å². The fourth-order valence-corrected chi connectivity index (χ4v) is 1.69. The molecule has 0 unspecified atom stereocenters. The maximum atomic E-state index is 12.0. The van der Waals surface area contributed by atoms with E-state index < -0.39 is 12.1 Å². The molecule has 2 aromatic rings. The zero-order valence-electron chi connectivity index (χ0n) is 12.0. The normalized spacial score (nSPS) is 12.0. The Labute approximate surface area is 127 Å². The van der Waals surface area contributed by atoms with Gasteiger partial charge < -0.3 is 9.84 Å². The van der Waals surface area contributed by atoms with E-state index in [2.05, 4.69) is 4.98 Å². The van der Waals surface area contributed by atoms with E-state index in [0.29, 0.717) is 11.3 Å². The summed E-state index contributed by atoms with van der Waals surface area (Å²) in [6, 6.07) is 9.98. The van der Waals surface area contributed by atoms with Crippen LogP contribution < -0.4 is 4.74 Å². The van der Waals surface area contributed by atoms with Gasteiger partial charge in [-0.05, 0) is 55.0 Å². The lowest BCUT2D eigenvalue weighted by Gasteiger charge is -2.10. The van der Waals surface area contributed by atoms with Crippen molar-refractivity contribution >= 4 is 17.8 Å². The van der Waals surface area contributed by atoms with E-state index in [4.69, 9.17) is 9.84 Å². The number of aliphatic carboxylic acids is 1. The first-order valence-corrected chi connectivity index (χ1v) is 6.68. The van der Waals surface area contributed by atoms with Crippen molar-refractivity contribution in [2.24, 2.45) is 0 Å². The number of benzene rings is 1. The van der Waals surface area contributed by atoms with Gasteiger partial charge in [-0.1, -0.05) is 6.07 Å². The predicted molar refractivity (Wildman–Crippen MR) is 81.8 cm³/mol. The number of hydrogen-bond acceptors (Lipinski definition) is 4. The minimum absolute atomic E-state index is 0.151. The number of pyridine rings is 1. The number of carbonyl (C=O) groups excluding carboxylic acids is 1. The van der Waals surface area contributed by atoms with Crippen molar-refractivity contribution in [2.75, 3.05) is 0 Å². The van der Waals surface area contributed by atoms with Crippen LogP contribution in [-0.2, 0) is 4.79 Å². The first kappa shape index (κ1) is 15.4. The standard InChI is InChI=1S/C17H15NO4/c1-12(17(20)21)22-15-7-5-14(6-8-15)16(19)9-4-13-3-2-10-18-11-13/h2-12H,1H3,(H,20,21)/b9-4+/t12-/m1/s1. The third-order valence-electron chi connectivity index (χ3n) is 2.91. The summed E-state index contributed by atoms with van der Waals surface area (Å²) in [4.78, 5) is 26.7. The molecule has 1 N–H and O–H groups in total. The van der Waals surface area contributed by atoms with Gasteiger partial charge in [-0.2, -0.15) is 0 Å². The lowest BCUT2D eigenvalue weighted by atomic mass is 10.1. The molecule has 0 aliphatic rings. The second kappa shape index (κ2) is 7.17. The molecule has 22 heavy (non-hydrogen) atoms. The maximum Gasteiger partial charge on any atom is 0.344 e. The van der Waals surface area contributed by atoms with Crippen LogP contribution in [-0.4, -0.2) is 27.9 Å². The van der Waals surface area contributed by atoms with Crippen molar-refractivity contribution in [2.45, 2.75) is 13.0 Å². The molecule has 0 aliphatic heterocycles. The Hall–Kier alpha value is -2.95. The summed E-state index contributed by atoms with van der Waals surface area (Å²) < 4.78 is 5.20. The molecular weight excluding hydrogens is 282 g/mol. The first-order valence-electron chi connectivity index (χ1n) is 6.68. The van der Waals surface area contributed by atoms with Crippen molar-refractivity contribution in [3.63, 3.8) is 0 Å². The topological polar surface area (TPSA) is 76.5 Å². The lowest BCUT2D eigenvalue weighted by molar-refractivity contribution is -0.144. The van der Waals surface area contributed by atoms with Crippen molar-refractivity contribution in [3.05, 3.63) is 66.0 Å². The number of aromatic nitrogens is 1. The van der Waals surface area contributed by atoms with Crippen LogP contribution in [0.3, 0.4) is 0 Å². The number of ketones is 1. The molecular formula is C17H15NO4. The third-order valence-corrected chi connectivity index (χ3v) is 2.91. The molecule has 0 saturated heterocycles. The van der Waals surface area contributed by atoms with E-state index in [1.165, 1.54) is 13.0 Å². The average molecular weight is 297 g/mol. The van der Waals surface area contributed by atoms with E-state index in [1.807, 2.05) is 6.07 Å². The highest BCUT2D eigenvalue weighted by Gasteiger charge is 2.12. The summed E-state index contributed by atoms with van der Waals surface area (Å²) in [6.45, 7) is 1.44. The minimum Gasteiger partial charge on any atom is -0.479 e. The van der Waals surface area contributed by atoms with Crippen LogP contribution in [0.4, 0.5) is 0 Å². The smallest absolute Gasteiger partial charge is 0.344 e. The maximum absolute atomic E-state index is 12.0. The number of ether oxygens (including phenoxy) is 1. The Balaban J connectivity index is 2.02. The average Bonchev–Trinajstić information content (AvgIpc) is 2.54. The van der Waals surface area contributed by atoms with Crippen LogP contribution in [0.2, 0.25) is 0 Å². The predicted octanol–water partition coefficient (Wildman–Crippen LogP) is 2.83. The van der Waals surface area contributed by atoms with Crippen LogP contribution in [0.15, 0.2) is 54.9 Å². The number of nitrogens with zero attached hydrogens (tertiary/aromatic N) is 1. The lowest BCUT2D eigenvalue weighted by Crippen LogP contribution is -2.22. The van der Waals surface area contributed by atoms with Crippen LogP contribution in [0.5, 0.6) is 5.75 Å². The van der Waals surface area contributed by atoms with Crippen LogP contribution in [0, 0.1) is 0 Å². The largest absolute Gasteiger partial charge is 0.479 e. The molecule has 0 amide bonds. The number of carboxylic acids is 1. The van der Waals surface area contributed by atoms with Gasteiger partial charge in [0.15, 0.2) is 11.9 Å². The molecule has 1 heterocycles. The Morgan fingerprint density at radius 1 is 1.23 bits per heavy atom. The third kappa shape index (κ3) is 4.28. The molecule has 0 bridgehead atoms. The Morgan fingerprint density at radius 3 is 2.55 bits per heavy atom. The van der Waals surface area contributed by atoms with Gasteiger partial charge in [0.2, 0.25) is 0 Å². The molecule has 2 rings (SSSR count). The fourth-order valence-electron chi connectivity index (χ4n) is 1.69. The summed E-state index contributed by atoms with van der Waals surface area (Å²) in [5.41, 5.74) is 1.33. The van der Waals surface area contributed by atoms with Crippen molar-refractivity contribution in [1.82, 2.24) is 4.98 Å². The second-order valence-electron chi connectivity index (χ2n) is 4.61. The van der Waals surface area contributed by atoms with Crippen LogP contribution in [0.1, 0.15) is 22.8 Å². The van der Waals surface area contributed by atoms with Crippen molar-refractivity contribution in [1.29, 1.82) is 0 Å². The number of hydrogen-bond donors (Lipinski definition) is 1. The van der Waals surface area contributed by atoms with Crippen LogP contribution >= 0.6 is 0 Å². The monoisotopic (exact) mass is 297 g/mol. The van der Waals surface area contributed by atoms with Crippen LogP contribution in [0.25, 0.3) is 6.08 Å². The molecule has 0 aliphatic carbocycles. The zero-order valence-corrected chi connectivity index (χ0v) is 12.0. The van der Waals surface area contributed by atoms with Gasteiger partial charge in [-0.25, -0.2) is 4.79 Å². The Bertz CT molecular complexity index is 678. The van der Waals surface area contributed by atoms with Gasteiger partial charge in [-0.15, -0.1) is 0 Å². The van der Waals surface area contributed by atoms with Gasteiger partial charge in [0.25, 0.3) is 0 Å². The number of rotatable bonds is 6. The summed E-state index contributed by atoms with van der Waals surface area (Å²) in [6.07, 6.45) is 5.54. The first-order chi connectivity index (χ1) is 10.6. The molecule has 112 valence electrons. The summed E-state index contributed by atoms with van der Waals surface area (Å²) >= 11 is 0. The Morgan fingerprint density at radius 2 is 1.95 bits per heavy atom. The molecule has 0 fully saturated rings. The highest BCUT2D eigenvalue weighted by Crippen LogP contribution is 2.15. The number of carbonyl (C=O) groups is 2. The van der Waals surface area contributed by atoms with Gasteiger partial charge in [0.1, 0.15) is 5.75 Å². The van der Waals surface area contributed by atoms with E-state index >= 15 is 0 Å². The van der Waals surface area contributed by atoms with Gasteiger partial charge in [0, 0.05) is 18.0 Å². The van der Waals surface area contributed by atoms with Gasteiger partial charge in [0.05, 0.1) is 0 Å². The second-order valence-corrected chi connectivity index (χ2v) is 4.61. The minimum atomic E-state index is -1.04. The number of carboxylic acid groups (broad SMARTS) is 1. The molecule has 5 heteroatoms. The van der Waals surface area contributed by atoms with Gasteiger partial charge in [-0.3, -0.25) is 9.78 Å². The molecule has 5 nitrogen and oxygen atoms in total. The Kier molecular flexibility index (Phi) is 5.03. The molecule has 0 radical (unpaired) electrons. The molecule has 1 aromatic carbocycles. The fraction of sp³-hybridized carbons (Fsp3) is 0.118. The van der Waals surface area contributed by atoms with E-state index in [-0.39, 0.29) is 5.78 Å². The SMILES string of the molecule is C[C@@H](Oc1ccc(C(=O)/C=C/c2cccnc2)cc1)C(=O)O. The van der Waals surface area contributed by atoms with E-state index in [1.54, 1.807) is 48.8 Å². The summed E-state index contributed by atoms with van der Waals surface area (Å²) in [5.74, 6) is -0.788. The highest BCUT2D eigenvalue weighted by atomic mass is 16.5. The molecule has 1 atom stereocenters. The number of allylic oxidation sites excluding steroid dienone is 1. The summed E-state index contributed by atoms with van der Waals surface area (Å²) in [7, 11) is 0. The molecule has 0 spiro atoms. The zero-order chi connectivity index (χ0) is 15.9. The summed E-state index contributed by atoms with van der Waals surface area (Å²) in [5, 5.41) is 8.77. The highest BCUT2D eigenvalue weighted by molar-refractivity contribution is 6.06.